The number of hydrogen-bond donors (Lipinski definition) is 1. The fraction of sp³-hybridized carbons (Fsp3) is 0.368. The van der Waals surface area contributed by atoms with Crippen molar-refractivity contribution in [2.24, 2.45) is 0 Å². The van der Waals surface area contributed by atoms with E-state index >= 15 is 0 Å². The molecule has 0 aromatic heterocycles. The van der Waals surface area contributed by atoms with Gasteiger partial charge in [-0.2, -0.15) is 0 Å². The second-order valence-electron chi connectivity index (χ2n) is 6.98. The van der Waals surface area contributed by atoms with Crippen molar-refractivity contribution in [3.8, 4) is 0 Å². The predicted octanol–water partition coefficient (Wildman–Crippen LogP) is 3.34. The van der Waals surface area contributed by atoms with Crippen LogP contribution in [0.3, 0.4) is 0 Å². The topological polar surface area (TPSA) is 83.6 Å². The molecule has 1 saturated heterocycles. The molecule has 6 nitrogen and oxygen atoms in total. The SMILES string of the molecule is Cc1cc(C)c(S(=O)(=O)Nc2ccc(N3CCCCS3(=O)=O)cc2)c(C)c1. The van der Waals surface area contributed by atoms with E-state index in [2.05, 4.69) is 4.72 Å². The molecular formula is C19H24N2O4S2. The molecule has 146 valence electrons. The van der Waals surface area contributed by atoms with Crippen LogP contribution in [0.2, 0.25) is 0 Å². The maximum Gasteiger partial charge on any atom is 0.262 e. The summed E-state index contributed by atoms with van der Waals surface area (Å²) in [6.07, 6.45) is 1.49. The molecule has 0 aliphatic carbocycles. The number of benzene rings is 2. The van der Waals surface area contributed by atoms with Crippen LogP contribution in [-0.2, 0) is 20.0 Å². The Morgan fingerprint density at radius 1 is 0.963 bits per heavy atom. The van der Waals surface area contributed by atoms with Crippen molar-refractivity contribution in [2.45, 2.75) is 38.5 Å². The van der Waals surface area contributed by atoms with Crippen LogP contribution < -0.4 is 9.03 Å². The summed E-state index contributed by atoms with van der Waals surface area (Å²) in [6.45, 7) is 5.93. The first-order valence-corrected chi connectivity index (χ1v) is 11.9. The van der Waals surface area contributed by atoms with Gasteiger partial charge in [0.05, 0.1) is 16.3 Å². The van der Waals surface area contributed by atoms with Crippen LogP contribution >= 0.6 is 0 Å². The van der Waals surface area contributed by atoms with Gasteiger partial charge in [-0.1, -0.05) is 17.7 Å². The average Bonchev–Trinajstić information content (AvgIpc) is 2.53. The van der Waals surface area contributed by atoms with Crippen molar-refractivity contribution in [2.75, 3.05) is 21.3 Å². The molecular weight excluding hydrogens is 384 g/mol. The molecule has 0 saturated carbocycles. The van der Waals surface area contributed by atoms with Crippen LogP contribution in [0.25, 0.3) is 0 Å². The van der Waals surface area contributed by atoms with E-state index in [0.29, 0.717) is 35.5 Å². The van der Waals surface area contributed by atoms with E-state index in [1.54, 1.807) is 38.1 Å². The quantitative estimate of drug-likeness (QED) is 0.841. The lowest BCUT2D eigenvalue weighted by molar-refractivity contribution is 0.574. The van der Waals surface area contributed by atoms with Crippen molar-refractivity contribution in [1.29, 1.82) is 0 Å². The summed E-state index contributed by atoms with van der Waals surface area (Å²) < 4.78 is 54.0. The van der Waals surface area contributed by atoms with E-state index < -0.39 is 20.0 Å². The minimum atomic E-state index is -3.73. The fourth-order valence-corrected chi connectivity index (χ4v) is 6.72. The normalized spacial score (nSPS) is 16.9. The molecule has 1 heterocycles. The van der Waals surface area contributed by atoms with Gasteiger partial charge in [0.2, 0.25) is 10.0 Å². The molecule has 3 rings (SSSR count). The zero-order valence-corrected chi connectivity index (χ0v) is 17.3. The van der Waals surface area contributed by atoms with E-state index in [1.807, 2.05) is 19.1 Å². The lowest BCUT2D eigenvalue weighted by Gasteiger charge is -2.28. The van der Waals surface area contributed by atoms with Gasteiger partial charge in [-0.3, -0.25) is 9.03 Å². The lowest BCUT2D eigenvalue weighted by Crippen LogP contribution is -2.37. The molecule has 1 aliphatic heterocycles. The van der Waals surface area contributed by atoms with Gasteiger partial charge >= 0.3 is 0 Å². The molecule has 0 bridgehead atoms. The minimum absolute atomic E-state index is 0.146. The van der Waals surface area contributed by atoms with Gasteiger partial charge < -0.3 is 0 Å². The molecule has 1 fully saturated rings. The number of nitrogens with zero attached hydrogens (tertiary/aromatic N) is 1. The molecule has 2 aromatic rings. The van der Waals surface area contributed by atoms with Crippen LogP contribution in [0.5, 0.6) is 0 Å². The highest BCUT2D eigenvalue weighted by Crippen LogP contribution is 2.27. The highest BCUT2D eigenvalue weighted by molar-refractivity contribution is 7.93. The Kier molecular flexibility index (Phi) is 5.22. The minimum Gasteiger partial charge on any atom is -0.280 e. The van der Waals surface area contributed by atoms with E-state index in [0.717, 1.165) is 12.0 Å². The Hall–Kier alpha value is -2.06. The number of hydrogen-bond acceptors (Lipinski definition) is 4. The van der Waals surface area contributed by atoms with Crippen molar-refractivity contribution < 1.29 is 16.8 Å². The van der Waals surface area contributed by atoms with Gasteiger partial charge in [0.15, 0.2) is 0 Å². The van der Waals surface area contributed by atoms with Crippen LogP contribution in [-0.4, -0.2) is 29.1 Å². The first kappa shape index (κ1) is 19.7. The zero-order chi connectivity index (χ0) is 19.8. The van der Waals surface area contributed by atoms with E-state index in [9.17, 15) is 16.8 Å². The summed E-state index contributed by atoms with van der Waals surface area (Å²) in [6, 6.07) is 10.1. The second kappa shape index (κ2) is 7.16. The molecule has 0 amide bonds. The van der Waals surface area contributed by atoms with Gasteiger partial charge in [-0.15, -0.1) is 0 Å². The summed E-state index contributed by atoms with van der Waals surface area (Å²) in [5.74, 6) is 0.146. The van der Waals surface area contributed by atoms with Gasteiger partial charge in [-0.25, -0.2) is 16.8 Å². The average molecular weight is 409 g/mol. The molecule has 0 unspecified atom stereocenters. The van der Waals surface area contributed by atoms with Crippen molar-refractivity contribution in [3.63, 3.8) is 0 Å². The lowest BCUT2D eigenvalue weighted by atomic mass is 10.1. The van der Waals surface area contributed by atoms with E-state index in [4.69, 9.17) is 0 Å². The number of aryl methyl sites for hydroxylation is 3. The highest BCUT2D eigenvalue weighted by Gasteiger charge is 2.26. The zero-order valence-electron chi connectivity index (χ0n) is 15.7. The number of sulfonamides is 2. The Morgan fingerprint density at radius 2 is 1.56 bits per heavy atom. The molecule has 2 aromatic carbocycles. The largest absolute Gasteiger partial charge is 0.280 e. The summed E-state index contributed by atoms with van der Waals surface area (Å²) in [5, 5.41) is 0. The maximum absolute atomic E-state index is 12.8. The monoisotopic (exact) mass is 408 g/mol. The molecule has 8 heteroatoms. The van der Waals surface area contributed by atoms with Crippen LogP contribution in [0.1, 0.15) is 29.5 Å². The first-order chi connectivity index (χ1) is 12.6. The first-order valence-electron chi connectivity index (χ1n) is 8.81. The smallest absolute Gasteiger partial charge is 0.262 e. The molecule has 0 atom stereocenters. The van der Waals surface area contributed by atoms with Gasteiger partial charge in [0.25, 0.3) is 10.0 Å². The molecule has 0 radical (unpaired) electrons. The number of nitrogens with one attached hydrogen (secondary N) is 1. The number of anilines is 2. The molecule has 0 spiro atoms. The molecule has 1 aliphatic rings. The third-order valence-electron chi connectivity index (χ3n) is 4.63. The Bertz CT molecular complexity index is 1040. The molecule has 1 N–H and O–H groups in total. The van der Waals surface area contributed by atoms with Crippen LogP contribution in [0.4, 0.5) is 11.4 Å². The van der Waals surface area contributed by atoms with Crippen molar-refractivity contribution in [3.05, 3.63) is 53.1 Å². The fourth-order valence-electron chi connectivity index (χ4n) is 3.57. The third kappa shape index (κ3) is 4.11. The summed E-state index contributed by atoms with van der Waals surface area (Å²) >= 11 is 0. The van der Waals surface area contributed by atoms with Crippen LogP contribution in [0.15, 0.2) is 41.3 Å². The van der Waals surface area contributed by atoms with Crippen LogP contribution in [0, 0.1) is 20.8 Å². The third-order valence-corrected chi connectivity index (χ3v) is 8.19. The Labute approximate surface area is 161 Å². The van der Waals surface area contributed by atoms with Gasteiger partial charge in [-0.05, 0) is 69.0 Å². The predicted molar refractivity (Wildman–Crippen MR) is 108 cm³/mol. The summed E-state index contributed by atoms with van der Waals surface area (Å²) in [5.41, 5.74) is 3.34. The van der Waals surface area contributed by atoms with Crippen molar-refractivity contribution in [1.82, 2.24) is 0 Å². The second-order valence-corrected chi connectivity index (χ2v) is 10.6. The standard InChI is InChI=1S/C19H24N2O4S2/c1-14-12-15(2)19(16(3)13-14)27(24,25)20-17-6-8-18(9-7-17)21-10-4-5-11-26(21,22)23/h6-9,12-13,20H,4-5,10-11H2,1-3H3. The summed E-state index contributed by atoms with van der Waals surface area (Å²) in [4.78, 5) is 0.274. The number of rotatable bonds is 4. The maximum atomic E-state index is 12.8. The molecule has 27 heavy (non-hydrogen) atoms. The summed E-state index contributed by atoms with van der Waals surface area (Å²) in [7, 11) is -7.02. The van der Waals surface area contributed by atoms with E-state index in [1.165, 1.54) is 4.31 Å². The highest BCUT2D eigenvalue weighted by atomic mass is 32.2. The van der Waals surface area contributed by atoms with E-state index in [-0.39, 0.29) is 10.6 Å². The Morgan fingerprint density at radius 3 is 2.11 bits per heavy atom. The van der Waals surface area contributed by atoms with Crippen molar-refractivity contribution >= 4 is 31.4 Å². The van der Waals surface area contributed by atoms with Gasteiger partial charge in [0, 0.05) is 12.2 Å². The Balaban J connectivity index is 1.86. The van der Waals surface area contributed by atoms with Gasteiger partial charge in [0.1, 0.15) is 0 Å².